The first-order valence-corrected chi connectivity index (χ1v) is 14.5. The number of pyridine rings is 1. The molecule has 8 nitrogen and oxygen atoms in total. The van der Waals surface area contributed by atoms with Crippen LogP contribution in [0.2, 0.25) is 0 Å². The van der Waals surface area contributed by atoms with Crippen LogP contribution in [0.5, 0.6) is 0 Å². The first-order valence-electron chi connectivity index (χ1n) is 13.5. The Labute approximate surface area is 243 Å². The molecule has 1 fully saturated rings. The van der Waals surface area contributed by atoms with Crippen molar-refractivity contribution in [1.82, 2.24) is 5.32 Å². The number of amides is 2. The molecule has 4 aromatic rings. The molecule has 0 bridgehead atoms. The van der Waals surface area contributed by atoms with Crippen molar-refractivity contribution >= 4 is 23.5 Å². The van der Waals surface area contributed by atoms with Crippen molar-refractivity contribution in [1.29, 1.82) is 0 Å². The van der Waals surface area contributed by atoms with E-state index in [1.165, 1.54) is 18.0 Å². The standard InChI is InChI=1S/C32H33N3O5S/c1-22-28(21-41-29-12-5-6-17-35(29)38)39-31(40-30(22)25-15-13-24(20-36)14-16-25)26-10-7-11-27(18-26)34-32(37)33-19-23-8-3-2-4-9-23/h2-18,22,28,30-31,36H,19-21H2,1H3,(H2,33,34,37). The molecule has 3 aromatic carbocycles. The van der Waals surface area contributed by atoms with Gasteiger partial charge >= 0.3 is 6.03 Å². The van der Waals surface area contributed by atoms with Crippen molar-refractivity contribution in [2.45, 2.75) is 43.6 Å². The molecule has 2 heterocycles. The number of thioether (sulfide) groups is 1. The minimum Gasteiger partial charge on any atom is -0.618 e. The molecule has 0 radical (unpaired) electrons. The SMILES string of the molecule is CC1C(CSc2cccc[n+]2[O-])OC(c2cccc(NC(=O)NCc3ccccc3)c2)OC1c1ccc(CO)cc1. The van der Waals surface area contributed by atoms with Crippen LogP contribution in [0.1, 0.15) is 41.6 Å². The molecule has 0 saturated carbocycles. The van der Waals surface area contributed by atoms with E-state index in [1.54, 1.807) is 12.1 Å². The lowest BCUT2D eigenvalue weighted by atomic mass is 9.91. The largest absolute Gasteiger partial charge is 0.618 e. The van der Waals surface area contributed by atoms with E-state index < -0.39 is 6.29 Å². The lowest BCUT2D eigenvalue weighted by Gasteiger charge is -2.41. The highest BCUT2D eigenvalue weighted by molar-refractivity contribution is 7.99. The minimum atomic E-state index is -0.691. The highest BCUT2D eigenvalue weighted by atomic mass is 32.2. The number of benzene rings is 3. The molecule has 2 amide bonds. The van der Waals surface area contributed by atoms with Crippen LogP contribution in [0.4, 0.5) is 10.5 Å². The fourth-order valence-electron chi connectivity index (χ4n) is 4.72. The topological polar surface area (TPSA) is 107 Å². The van der Waals surface area contributed by atoms with Gasteiger partial charge in [0.2, 0.25) is 0 Å². The molecule has 0 aliphatic carbocycles. The number of carbonyl (C=O) groups excluding carboxylic acids is 1. The van der Waals surface area contributed by atoms with Gasteiger partial charge in [-0.25, -0.2) is 4.79 Å². The normalized spacial score (nSPS) is 20.3. The van der Waals surface area contributed by atoms with Crippen LogP contribution < -0.4 is 15.4 Å². The summed E-state index contributed by atoms with van der Waals surface area (Å²) in [5, 5.41) is 28.1. The van der Waals surface area contributed by atoms with Crippen molar-refractivity contribution in [3.05, 3.63) is 131 Å². The maximum atomic E-state index is 12.6. The average Bonchev–Trinajstić information content (AvgIpc) is 3.01. The summed E-state index contributed by atoms with van der Waals surface area (Å²) >= 11 is 1.44. The monoisotopic (exact) mass is 571 g/mol. The Morgan fingerprint density at radius 2 is 1.71 bits per heavy atom. The molecular formula is C32H33N3O5S. The quantitative estimate of drug-likeness (QED) is 0.135. The van der Waals surface area contributed by atoms with Crippen molar-refractivity contribution < 1.29 is 24.1 Å². The minimum absolute atomic E-state index is 0.0207. The Bertz CT molecular complexity index is 1440. The summed E-state index contributed by atoms with van der Waals surface area (Å²) in [6.45, 7) is 2.47. The van der Waals surface area contributed by atoms with Crippen molar-refractivity contribution in [2.24, 2.45) is 5.92 Å². The van der Waals surface area contributed by atoms with E-state index in [2.05, 4.69) is 17.6 Å². The number of aromatic nitrogens is 1. The first kappa shape index (κ1) is 28.6. The lowest BCUT2D eigenvalue weighted by molar-refractivity contribution is -0.645. The van der Waals surface area contributed by atoms with Crippen LogP contribution in [-0.2, 0) is 22.6 Å². The fraction of sp³-hybridized carbons (Fsp3) is 0.250. The number of nitrogens with one attached hydrogen (secondary N) is 2. The smallest absolute Gasteiger partial charge is 0.319 e. The Morgan fingerprint density at radius 3 is 2.46 bits per heavy atom. The van der Waals surface area contributed by atoms with Gasteiger partial charge in [0.05, 0.1) is 18.8 Å². The Balaban J connectivity index is 1.33. The molecule has 1 aromatic heterocycles. The van der Waals surface area contributed by atoms with Crippen molar-refractivity contribution in [2.75, 3.05) is 11.1 Å². The Kier molecular flexibility index (Phi) is 9.53. The van der Waals surface area contributed by atoms with Gasteiger partial charge in [0, 0.05) is 41.6 Å². The number of aliphatic hydroxyl groups is 1. The van der Waals surface area contributed by atoms with Crippen LogP contribution in [0.3, 0.4) is 0 Å². The summed E-state index contributed by atoms with van der Waals surface area (Å²) in [5.41, 5.74) is 4.19. The van der Waals surface area contributed by atoms with Gasteiger partial charge in [0.1, 0.15) is 0 Å². The fourth-order valence-corrected chi connectivity index (χ4v) is 5.80. The van der Waals surface area contributed by atoms with E-state index in [0.717, 1.165) is 27.0 Å². The molecule has 1 aliphatic heterocycles. The molecule has 4 atom stereocenters. The maximum absolute atomic E-state index is 12.6. The van der Waals surface area contributed by atoms with Crippen LogP contribution in [0.15, 0.2) is 108 Å². The Hall–Kier alpha value is -3.89. The molecule has 212 valence electrons. The van der Waals surface area contributed by atoms with Gasteiger partial charge in [-0.2, -0.15) is 4.73 Å². The van der Waals surface area contributed by atoms with E-state index in [0.29, 0.717) is 23.0 Å². The van der Waals surface area contributed by atoms with Gasteiger partial charge in [-0.1, -0.05) is 85.4 Å². The predicted octanol–water partition coefficient (Wildman–Crippen LogP) is 5.72. The van der Waals surface area contributed by atoms with Crippen LogP contribution >= 0.6 is 11.8 Å². The van der Waals surface area contributed by atoms with E-state index in [-0.39, 0.29) is 30.8 Å². The van der Waals surface area contributed by atoms with Crippen molar-refractivity contribution in [3.63, 3.8) is 0 Å². The summed E-state index contributed by atoms with van der Waals surface area (Å²) in [5.74, 6) is 0.533. The van der Waals surface area contributed by atoms with Gasteiger partial charge in [-0.05, 0) is 34.9 Å². The van der Waals surface area contributed by atoms with Crippen LogP contribution in [-0.4, -0.2) is 23.0 Å². The van der Waals surface area contributed by atoms with E-state index in [4.69, 9.17) is 9.47 Å². The third-order valence-corrected chi connectivity index (χ3v) is 8.13. The number of ether oxygens (including phenoxy) is 2. The third kappa shape index (κ3) is 7.45. The van der Waals surface area contributed by atoms with Crippen LogP contribution in [0.25, 0.3) is 0 Å². The van der Waals surface area contributed by atoms with Crippen LogP contribution in [0, 0.1) is 11.1 Å². The molecule has 3 N–H and O–H groups in total. The number of hydrogen-bond donors (Lipinski definition) is 3. The number of nitrogens with zero attached hydrogens (tertiary/aromatic N) is 1. The van der Waals surface area contributed by atoms with Gasteiger partial charge in [0.25, 0.3) is 5.03 Å². The molecule has 5 rings (SSSR count). The number of aliphatic hydroxyl groups excluding tert-OH is 1. The number of anilines is 1. The number of carbonyl (C=O) groups is 1. The average molecular weight is 572 g/mol. The van der Waals surface area contributed by atoms with E-state index >= 15 is 0 Å². The van der Waals surface area contributed by atoms with E-state index in [1.807, 2.05) is 84.9 Å². The Morgan fingerprint density at radius 1 is 0.927 bits per heavy atom. The molecule has 9 heteroatoms. The maximum Gasteiger partial charge on any atom is 0.319 e. The zero-order valence-corrected chi connectivity index (χ0v) is 23.5. The second kappa shape index (κ2) is 13.6. The highest BCUT2D eigenvalue weighted by Gasteiger charge is 2.38. The van der Waals surface area contributed by atoms with Gasteiger partial charge in [-0.3, -0.25) is 0 Å². The van der Waals surface area contributed by atoms with Gasteiger partial charge in [0.15, 0.2) is 12.5 Å². The predicted molar refractivity (Wildman–Crippen MR) is 158 cm³/mol. The number of rotatable bonds is 9. The summed E-state index contributed by atoms with van der Waals surface area (Å²) in [6, 6.07) is 29.9. The zero-order valence-electron chi connectivity index (χ0n) is 22.7. The lowest BCUT2D eigenvalue weighted by Crippen LogP contribution is -2.39. The number of urea groups is 1. The number of hydrogen-bond acceptors (Lipinski definition) is 6. The molecular weight excluding hydrogens is 538 g/mol. The summed E-state index contributed by atoms with van der Waals surface area (Å²) < 4.78 is 13.9. The summed E-state index contributed by atoms with van der Waals surface area (Å²) in [7, 11) is 0. The first-order chi connectivity index (χ1) is 20.0. The summed E-state index contributed by atoms with van der Waals surface area (Å²) in [6.07, 6.45) is 0.281. The summed E-state index contributed by atoms with van der Waals surface area (Å²) in [4.78, 5) is 12.6. The molecule has 1 saturated heterocycles. The zero-order chi connectivity index (χ0) is 28.6. The molecule has 0 spiro atoms. The third-order valence-electron chi connectivity index (χ3n) is 7.02. The van der Waals surface area contributed by atoms with Gasteiger partial charge in [-0.15, -0.1) is 0 Å². The van der Waals surface area contributed by atoms with E-state index in [9.17, 15) is 15.1 Å². The molecule has 1 aliphatic rings. The van der Waals surface area contributed by atoms with Gasteiger partial charge < -0.3 is 30.4 Å². The second-order valence-electron chi connectivity index (χ2n) is 9.92. The second-order valence-corrected chi connectivity index (χ2v) is 11.0. The highest BCUT2D eigenvalue weighted by Crippen LogP contribution is 2.43. The van der Waals surface area contributed by atoms with Crippen molar-refractivity contribution in [3.8, 4) is 0 Å². The molecule has 4 unspecified atom stereocenters. The molecule has 41 heavy (non-hydrogen) atoms.